The molecule has 0 atom stereocenters. The average molecular weight is 406 g/mol. The van der Waals surface area contributed by atoms with E-state index in [1.165, 1.54) is 24.3 Å². The highest BCUT2D eigenvalue weighted by atomic mass is 17.2. The lowest BCUT2D eigenvalue weighted by Gasteiger charge is -2.10. The Bertz CT molecular complexity index is 848. The molecule has 2 aromatic carbocycles. The highest BCUT2D eigenvalue weighted by Gasteiger charge is 2.17. The summed E-state index contributed by atoms with van der Waals surface area (Å²) in [5.41, 5.74) is 1.81. The molecule has 0 saturated heterocycles. The SMILES string of the molecule is Cc1ccc(C(=O)OCCCOOCc2ccc(O)cc2COO)c(C(=O)O)c1. The van der Waals surface area contributed by atoms with Crippen molar-refractivity contribution in [3.05, 3.63) is 64.2 Å². The van der Waals surface area contributed by atoms with Crippen LogP contribution in [0.4, 0.5) is 0 Å². The van der Waals surface area contributed by atoms with Crippen LogP contribution in [0.2, 0.25) is 0 Å². The topological polar surface area (TPSA) is 132 Å². The molecule has 9 heteroatoms. The molecule has 156 valence electrons. The first-order valence-electron chi connectivity index (χ1n) is 8.75. The van der Waals surface area contributed by atoms with Crippen LogP contribution in [0.5, 0.6) is 5.75 Å². The molecule has 3 N–H and O–H groups in total. The summed E-state index contributed by atoms with van der Waals surface area (Å²) in [6, 6.07) is 8.98. The number of aromatic carboxylic acids is 1. The van der Waals surface area contributed by atoms with E-state index in [-0.39, 0.29) is 43.3 Å². The van der Waals surface area contributed by atoms with E-state index in [0.29, 0.717) is 17.5 Å². The van der Waals surface area contributed by atoms with Gasteiger partial charge in [-0.3, -0.25) is 5.26 Å². The van der Waals surface area contributed by atoms with Crippen molar-refractivity contribution in [3.63, 3.8) is 0 Å². The summed E-state index contributed by atoms with van der Waals surface area (Å²) >= 11 is 0. The average Bonchev–Trinajstić information content (AvgIpc) is 2.68. The van der Waals surface area contributed by atoms with Crippen molar-refractivity contribution in [3.8, 4) is 5.75 Å². The quantitative estimate of drug-likeness (QED) is 0.223. The maximum absolute atomic E-state index is 12.1. The second-order valence-corrected chi connectivity index (χ2v) is 6.15. The van der Waals surface area contributed by atoms with E-state index < -0.39 is 11.9 Å². The lowest BCUT2D eigenvalue weighted by Crippen LogP contribution is -2.13. The Balaban J connectivity index is 1.72. The summed E-state index contributed by atoms with van der Waals surface area (Å²) in [5, 5.41) is 27.2. The predicted octanol–water partition coefficient (Wildman–Crippen LogP) is 3.08. The van der Waals surface area contributed by atoms with Crippen LogP contribution >= 0.6 is 0 Å². The monoisotopic (exact) mass is 406 g/mol. The van der Waals surface area contributed by atoms with Crippen LogP contribution in [-0.4, -0.2) is 40.6 Å². The van der Waals surface area contributed by atoms with Crippen LogP contribution in [0.1, 0.15) is 43.8 Å². The minimum atomic E-state index is -1.20. The normalized spacial score (nSPS) is 10.7. The number of ether oxygens (including phenoxy) is 1. The molecule has 2 rings (SSSR count). The first-order valence-corrected chi connectivity index (χ1v) is 8.75. The molecule has 0 aromatic heterocycles. The maximum Gasteiger partial charge on any atom is 0.339 e. The molecule has 0 heterocycles. The number of benzene rings is 2. The zero-order valence-corrected chi connectivity index (χ0v) is 15.8. The second-order valence-electron chi connectivity index (χ2n) is 6.15. The van der Waals surface area contributed by atoms with Crippen LogP contribution in [0.15, 0.2) is 36.4 Å². The van der Waals surface area contributed by atoms with Gasteiger partial charge in [0.15, 0.2) is 0 Å². The summed E-state index contributed by atoms with van der Waals surface area (Å²) in [5.74, 6) is -1.89. The van der Waals surface area contributed by atoms with E-state index >= 15 is 0 Å². The number of aromatic hydroxyl groups is 1. The van der Waals surface area contributed by atoms with Crippen molar-refractivity contribution >= 4 is 11.9 Å². The van der Waals surface area contributed by atoms with Crippen LogP contribution in [0, 0.1) is 6.92 Å². The molecule has 0 amide bonds. The lowest BCUT2D eigenvalue weighted by atomic mass is 10.0. The number of carbonyl (C=O) groups is 2. The van der Waals surface area contributed by atoms with E-state index in [9.17, 15) is 19.8 Å². The second kappa shape index (κ2) is 11.1. The Morgan fingerprint density at radius 2 is 1.72 bits per heavy atom. The third kappa shape index (κ3) is 6.84. The molecular weight excluding hydrogens is 384 g/mol. The van der Waals surface area contributed by atoms with Gasteiger partial charge >= 0.3 is 11.9 Å². The standard InChI is InChI=1S/C20H22O9/c1-13-3-6-17(18(9-13)19(22)23)20(24)26-7-2-8-28-29-12-14-4-5-16(21)10-15(14)11-27-25/h3-6,9-10,21,25H,2,7-8,11-12H2,1H3,(H,22,23). The van der Waals surface area contributed by atoms with E-state index in [1.54, 1.807) is 19.1 Å². The number of hydrogen-bond acceptors (Lipinski definition) is 8. The Morgan fingerprint density at radius 3 is 2.45 bits per heavy atom. The van der Waals surface area contributed by atoms with Crippen molar-refractivity contribution in [2.75, 3.05) is 13.2 Å². The molecule has 0 bridgehead atoms. The number of esters is 1. The van der Waals surface area contributed by atoms with Gasteiger partial charge in [-0.05, 0) is 42.3 Å². The molecule has 0 spiro atoms. The van der Waals surface area contributed by atoms with Crippen LogP contribution in [0.25, 0.3) is 0 Å². The molecule has 0 radical (unpaired) electrons. The zero-order valence-electron chi connectivity index (χ0n) is 15.8. The van der Waals surface area contributed by atoms with Gasteiger partial charge in [0.05, 0.1) is 24.3 Å². The fourth-order valence-electron chi connectivity index (χ4n) is 2.49. The van der Waals surface area contributed by atoms with Crippen LogP contribution in [0.3, 0.4) is 0 Å². The minimum absolute atomic E-state index is 0.00812. The number of hydrogen-bond donors (Lipinski definition) is 3. The number of aryl methyl sites for hydroxylation is 1. The fourth-order valence-corrected chi connectivity index (χ4v) is 2.49. The van der Waals surface area contributed by atoms with Gasteiger partial charge in [-0.1, -0.05) is 17.7 Å². The maximum atomic E-state index is 12.1. The molecular formula is C20H22O9. The van der Waals surface area contributed by atoms with Crippen molar-refractivity contribution in [1.29, 1.82) is 0 Å². The first-order chi connectivity index (χ1) is 13.9. The predicted molar refractivity (Wildman–Crippen MR) is 99.3 cm³/mol. The smallest absolute Gasteiger partial charge is 0.339 e. The van der Waals surface area contributed by atoms with Crippen molar-refractivity contribution in [1.82, 2.24) is 0 Å². The number of phenols is 1. The first kappa shape index (κ1) is 22.3. The van der Waals surface area contributed by atoms with Gasteiger partial charge in [0.1, 0.15) is 19.0 Å². The van der Waals surface area contributed by atoms with Crippen LogP contribution < -0.4 is 0 Å². The highest BCUT2D eigenvalue weighted by molar-refractivity contribution is 6.02. The summed E-state index contributed by atoms with van der Waals surface area (Å²) in [6.45, 7) is 1.84. The van der Waals surface area contributed by atoms with Crippen molar-refractivity contribution in [2.45, 2.75) is 26.6 Å². The van der Waals surface area contributed by atoms with Gasteiger partial charge in [0, 0.05) is 6.42 Å². The molecule has 0 aliphatic carbocycles. The highest BCUT2D eigenvalue weighted by Crippen LogP contribution is 2.18. The molecule has 2 aromatic rings. The van der Waals surface area contributed by atoms with Gasteiger partial charge in [-0.25, -0.2) is 24.3 Å². The summed E-state index contributed by atoms with van der Waals surface area (Å²) in [7, 11) is 0. The number of carbonyl (C=O) groups excluding carboxylic acids is 1. The van der Waals surface area contributed by atoms with E-state index in [4.69, 9.17) is 19.8 Å². The number of rotatable bonds is 11. The van der Waals surface area contributed by atoms with Crippen molar-refractivity contribution < 1.29 is 44.5 Å². The van der Waals surface area contributed by atoms with Gasteiger partial charge in [-0.15, -0.1) is 0 Å². The molecule has 0 aliphatic rings. The molecule has 29 heavy (non-hydrogen) atoms. The van der Waals surface area contributed by atoms with E-state index in [0.717, 1.165) is 5.56 Å². The van der Waals surface area contributed by atoms with Gasteiger partial charge in [0.2, 0.25) is 0 Å². The molecule has 0 fully saturated rings. The fraction of sp³-hybridized carbons (Fsp3) is 0.300. The third-order valence-electron chi connectivity index (χ3n) is 3.94. The van der Waals surface area contributed by atoms with E-state index in [1.807, 2.05) is 0 Å². The Hall–Kier alpha value is -2.98. The molecule has 0 unspecified atom stereocenters. The van der Waals surface area contributed by atoms with Crippen molar-refractivity contribution in [2.24, 2.45) is 0 Å². The lowest BCUT2D eigenvalue weighted by molar-refractivity contribution is -0.305. The summed E-state index contributed by atoms with van der Waals surface area (Å²) in [6.07, 6.45) is 0.336. The Morgan fingerprint density at radius 1 is 0.931 bits per heavy atom. The van der Waals surface area contributed by atoms with Gasteiger partial charge < -0.3 is 14.9 Å². The summed E-state index contributed by atoms with van der Waals surface area (Å²) in [4.78, 5) is 37.5. The van der Waals surface area contributed by atoms with Gasteiger partial charge in [0.25, 0.3) is 0 Å². The number of carboxylic acids is 1. The number of carboxylic acid groups (broad SMARTS) is 1. The molecule has 0 aliphatic heterocycles. The summed E-state index contributed by atoms with van der Waals surface area (Å²) < 4.78 is 5.08. The Labute approximate surface area is 166 Å². The Kier molecular flexibility index (Phi) is 8.56. The zero-order chi connectivity index (χ0) is 21.2. The third-order valence-corrected chi connectivity index (χ3v) is 3.94. The minimum Gasteiger partial charge on any atom is -0.508 e. The van der Waals surface area contributed by atoms with Gasteiger partial charge in [-0.2, -0.15) is 0 Å². The largest absolute Gasteiger partial charge is 0.508 e. The number of phenolic OH excluding ortho intramolecular Hbond substituents is 1. The molecule has 0 saturated carbocycles. The van der Waals surface area contributed by atoms with Crippen LogP contribution in [-0.2, 0) is 32.6 Å². The van der Waals surface area contributed by atoms with E-state index in [2.05, 4.69) is 4.89 Å². The molecule has 9 nitrogen and oxygen atoms in total.